The molecule has 62 valence electrons. The van der Waals surface area contributed by atoms with Crippen LogP contribution in [0.25, 0.3) is 0 Å². The summed E-state index contributed by atoms with van der Waals surface area (Å²) in [6, 6.07) is 0. The smallest absolute Gasteiger partial charge is 0.200 e. The molecule has 4 nitrogen and oxygen atoms in total. The van der Waals surface area contributed by atoms with Crippen molar-refractivity contribution < 1.29 is 9.47 Å². The lowest BCUT2D eigenvalue weighted by Gasteiger charge is -2.11. The molecule has 0 atom stereocenters. The van der Waals surface area contributed by atoms with Crippen LogP contribution in [0.15, 0.2) is 6.20 Å². The standard InChI is InChI=1S/C7H12N2O2/c1-5-4-8-9-6(5)7(10-2)11-3/h4,7H,1-3H3,(H,8,9). The fourth-order valence-corrected chi connectivity index (χ4v) is 0.927. The highest BCUT2D eigenvalue weighted by Crippen LogP contribution is 2.17. The van der Waals surface area contributed by atoms with Gasteiger partial charge in [0, 0.05) is 14.2 Å². The highest BCUT2D eigenvalue weighted by Gasteiger charge is 2.12. The molecular formula is C7H12N2O2. The number of hydrogen-bond donors (Lipinski definition) is 1. The minimum Gasteiger partial charge on any atom is -0.350 e. The zero-order valence-electron chi connectivity index (χ0n) is 6.92. The van der Waals surface area contributed by atoms with Gasteiger partial charge in [0.15, 0.2) is 6.29 Å². The largest absolute Gasteiger partial charge is 0.350 e. The van der Waals surface area contributed by atoms with Crippen molar-refractivity contribution in [1.29, 1.82) is 0 Å². The van der Waals surface area contributed by atoms with Gasteiger partial charge in [-0.2, -0.15) is 5.10 Å². The number of nitrogens with one attached hydrogen (secondary N) is 1. The lowest BCUT2D eigenvalue weighted by molar-refractivity contribution is -0.109. The predicted octanol–water partition coefficient (Wildman–Crippen LogP) is 1.01. The van der Waals surface area contributed by atoms with Gasteiger partial charge in [0.2, 0.25) is 0 Å². The van der Waals surface area contributed by atoms with Crippen LogP contribution in [0.5, 0.6) is 0 Å². The second kappa shape index (κ2) is 3.50. The maximum absolute atomic E-state index is 5.03. The maximum Gasteiger partial charge on any atom is 0.200 e. The zero-order chi connectivity index (χ0) is 8.27. The molecule has 1 aromatic heterocycles. The Balaban J connectivity index is 2.81. The van der Waals surface area contributed by atoms with Gasteiger partial charge in [-0.1, -0.05) is 0 Å². The molecule has 1 N–H and O–H groups in total. The zero-order valence-corrected chi connectivity index (χ0v) is 6.92. The van der Waals surface area contributed by atoms with Crippen molar-refractivity contribution in [2.75, 3.05) is 14.2 Å². The molecule has 1 heterocycles. The van der Waals surface area contributed by atoms with Gasteiger partial charge in [0.1, 0.15) is 0 Å². The molecule has 1 rings (SSSR count). The van der Waals surface area contributed by atoms with Crippen molar-refractivity contribution in [2.45, 2.75) is 13.2 Å². The normalized spacial score (nSPS) is 10.9. The third-order valence-corrected chi connectivity index (χ3v) is 1.53. The van der Waals surface area contributed by atoms with Crippen LogP contribution in [0.4, 0.5) is 0 Å². The number of aromatic nitrogens is 2. The molecule has 0 aliphatic heterocycles. The number of ether oxygens (including phenoxy) is 2. The summed E-state index contributed by atoms with van der Waals surface area (Å²) in [5.41, 5.74) is 1.91. The van der Waals surface area contributed by atoms with Gasteiger partial charge in [-0.25, -0.2) is 0 Å². The predicted molar refractivity (Wildman–Crippen MR) is 40.1 cm³/mol. The number of aryl methyl sites for hydroxylation is 1. The van der Waals surface area contributed by atoms with Crippen LogP contribution < -0.4 is 0 Å². The van der Waals surface area contributed by atoms with Crippen LogP contribution in [0.1, 0.15) is 17.5 Å². The Morgan fingerprint density at radius 3 is 2.45 bits per heavy atom. The molecule has 0 aliphatic carbocycles. The van der Waals surface area contributed by atoms with E-state index in [1.54, 1.807) is 20.4 Å². The van der Waals surface area contributed by atoms with Gasteiger partial charge < -0.3 is 9.47 Å². The lowest BCUT2D eigenvalue weighted by Crippen LogP contribution is -2.05. The van der Waals surface area contributed by atoms with Gasteiger partial charge in [-0.3, -0.25) is 5.10 Å². The van der Waals surface area contributed by atoms with Gasteiger partial charge >= 0.3 is 0 Å². The molecule has 0 aliphatic rings. The minimum atomic E-state index is -0.336. The fourth-order valence-electron chi connectivity index (χ4n) is 0.927. The summed E-state index contributed by atoms with van der Waals surface area (Å²) < 4.78 is 10.1. The monoisotopic (exact) mass is 156 g/mol. The highest BCUT2D eigenvalue weighted by molar-refractivity contribution is 5.14. The number of methoxy groups -OCH3 is 2. The molecule has 0 saturated heterocycles. The summed E-state index contributed by atoms with van der Waals surface area (Å²) in [6.45, 7) is 1.95. The first-order valence-corrected chi connectivity index (χ1v) is 3.35. The number of aromatic amines is 1. The van der Waals surface area contributed by atoms with Gasteiger partial charge in [0.05, 0.1) is 11.9 Å². The average molecular weight is 156 g/mol. The molecule has 4 heteroatoms. The van der Waals surface area contributed by atoms with Crippen molar-refractivity contribution >= 4 is 0 Å². The van der Waals surface area contributed by atoms with Crippen LogP contribution in [-0.2, 0) is 9.47 Å². The second-order valence-electron chi connectivity index (χ2n) is 2.27. The van der Waals surface area contributed by atoms with Crippen LogP contribution in [-0.4, -0.2) is 24.4 Å². The van der Waals surface area contributed by atoms with E-state index in [0.29, 0.717) is 0 Å². The van der Waals surface area contributed by atoms with E-state index in [9.17, 15) is 0 Å². The molecule has 0 bridgehead atoms. The van der Waals surface area contributed by atoms with E-state index in [0.717, 1.165) is 11.3 Å². The number of hydrogen-bond acceptors (Lipinski definition) is 3. The molecule has 0 unspecified atom stereocenters. The van der Waals surface area contributed by atoms with Crippen molar-refractivity contribution in [1.82, 2.24) is 10.2 Å². The maximum atomic E-state index is 5.03. The summed E-state index contributed by atoms with van der Waals surface area (Å²) >= 11 is 0. The first-order chi connectivity index (χ1) is 5.29. The van der Waals surface area contributed by atoms with Gasteiger partial charge in [-0.05, 0) is 12.5 Å². The molecular weight excluding hydrogens is 144 g/mol. The Labute approximate surface area is 65.5 Å². The third-order valence-electron chi connectivity index (χ3n) is 1.53. The number of nitrogens with zero attached hydrogens (tertiary/aromatic N) is 1. The third kappa shape index (κ3) is 1.58. The van der Waals surface area contributed by atoms with E-state index in [-0.39, 0.29) is 6.29 Å². The Hall–Kier alpha value is -0.870. The summed E-state index contributed by atoms with van der Waals surface area (Å²) in [4.78, 5) is 0. The van der Waals surface area contributed by atoms with E-state index in [2.05, 4.69) is 10.2 Å². The quantitative estimate of drug-likeness (QED) is 0.664. The van der Waals surface area contributed by atoms with E-state index >= 15 is 0 Å². The highest BCUT2D eigenvalue weighted by atomic mass is 16.7. The second-order valence-corrected chi connectivity index (χ2v) is 2.27. The Morgan fingerprint density at radius 2 is 2.09 bits per heavy atom. The first-order valence-electron chi connectivity index (χ1n) is 3.35. The van der Waals surface area contributed by atoms with Crippen LogP contribution in [0.3, 0.4) is 0 Å². The van der Waals surface area contributed by atoms with Crippen molar-refractivity contribution in [3.63, 3.8) is 0 Å². The van der Waals surface area contributed by atoms with Gasteiger partial charge in [0.25, 0.3) is 0 Å². The van der Waals surface area contributed by atoms with Crippen molar-refractivity contribution in [3.05, 3.63) is 17.5 Å². The fraction of sp³-hybridized carbons (Fsp3) is 0.571. The summed E-state index contributed by atoms with van der Waals surface area (Å²) in [5, 5.41) is 6.66. The molecule has 0 fully saturated rings. The van der Waals surface area contributed by atoms with Crippen molar-refractivity contribution in [2.24, 2.45) is 0 Å². The Morgan fingerprint density at radius 1 is 1.45 bits per heavy atom. The SMILES string of the molecule is COC(OC)c1[nH]ncc1C. The molecule has 0 spiro atoms. The van der Waals surface area contributed by atoms with Crippen LogP contribution in [0, 0.1) is 6.92 Å². The number of H-pyrrole nitrogens is 1. The van der Waals surface area contributed by atoms with E-state index < -0.39 is 0 Å². The van der Waals surface area contributed by atoms with Crippen LogP contribution >= 0.6 is 0 Å². The Bertz CT molecular complexity index is 218. The average Bonchev–Trinajstić information content (AvgIpc) is 2.40. The molecule has 0 aromatic carbocycles. The number of rotatable bonds is 3. The summed E-state index contributed by atoms with van der Waals surface area (Å²) in [7, 11) is 3.18. The van der Waals surface area contributed by atoms with E-state index in [1.807, 2.05) is 6.92 Å². The van der Waals surface area contributed by atoms with E-state index in [4.69, 9.17) is 9.47 Å². The topological polar surface area (TPSA) is 47.1 Å². The van der Waals surface area contributed by atoms with E-state index in [1.165, 1.54) is 0 Å². The van der Waals surface area contributed by atoms with Crippen LogP contribution in [0.2, 0.25) is 0 Å². The Kier molecular flexibility index (Phi) is 2.62. The molecule has 1 aromatic rings. The molecule has 0 radical (unpaired) electrons. The van der Waals surface area contributed by atoms with Crippen molar-refractivity contribution in [3.8, 4) is 0 Å². The van der Waals surface area contributed by atoms with Gasteiger partial charge in [-0.15, -0.1) is 0 Å². The minimum absolute atomic E-state index is 0.336. The summed E-state index contributed by atoms with van der Waals surface area (Å²) in [6.07, 6.45) is 1.40. The first kappa shape index (κ1) is 8.23. The summed E-state index contributed by atoms with van der Waals surface area (Å²) in [5.74, 6) is 0. The molecule has 0 saturated carbocycles. The lowest BCUT2D eigenvalue weighted by atomic mass is 10.3. The molecule has 11 heavy (non-hydrogen) atoms. The molecule has 0 amide bonds.